The summed E-state index contributed by atoms with van der Waals surface area (Å²) in [4.78, 5) is 15.9. The van der Waals surface area contributed by atoms with Crippen LogP contribution in [0.3, 0.4) is 0 Å². The zero-order valence-corrected chi connectivity index (χ0v) is 12.1. The van der Waals surface area contributed by atoms with Gasteiger partial charge in [0.2, 0.25) is 0 Å². The highest BCUT2D eigenvalue weighted by Crippen LogP contribution is 2.21. The number of carboxylic acids is 1. The maximum absolute atomic E-state index is 11.4. The van der Waals surface area contributed by atoms with Gasteiger partial charge in [-0.2, -0.15) is 0 Å². The van der Waals surface area contributed by atoms with Crippen molar-refractivity contribution in [2.45, 2.75) is 39.8 Å². The van der Waals surface area contributed by atoms with Crippen LogP contribution < -0.4 is 0 Å². The van der Waals surface area contributed by atoms with Gasteiger partial charge < -0.3 is 14.4 Å². The molecule has 5 heteroatoms. The van der Waals surface area contributed by atoms with Crippen LogP contribution in [0.15, 0.2) is 18.2 Å². The van der Waals surface area contributed by atoms with Crippen LogP contribution in [-0.4, -0.2) is 33.3 Å². The molecule has 1 heterocycles. The third kappa shape index (κ3) is 2.82. The zero-order valence-electron chi connectivity index (χ0n) is 12.1. The average molecular weight is 276 g/mol. The molecule has 0 unspecified atom stereocenters. The number of rotatable bonds is 6. The van der Waals surface area contributed by atoms with Crippen molar-refractivity contribution in [1.29, 1.82) is 0 Å². The van der Waals surface area contributed by atoms with Gasteiger partial charge >= 0.3 is 5.97 Å². The molecule has 0 radical (unpaired) electrons. The number of hydrogen-bond acceptors (Lipinski definition) is 3. The summed E-state index contributed by atoms with van der Waals surface area (Å²) in [7, 11) is 0. The maximum Gasteiger partial charge on any atom is 0.337 e. The highest BCUT2D eigenvalue weighted by molar-refractivity contribution is 6.01. The summed E-state index contributed by atoms with van der Waals surface area (Å²) in [6.45, 7) is 7.14. The number of carboxylic acid groups (broad SMARTS) is 1. The molecule has 0 spiro atoms. The number of aromatic nitrogens is 2. The molecule has 2 rings (SSSR count). The molecule has 0 aliphatic carbocycles. The highest BCUT2D eigenvalue weighted by atomic mass is 16.5. The fourth-order valence-electron chi connectivity index (χ4n) is 2.30. The van der Waals surface area contributed by atoms with Crippen molar-refractivity contribution < 1.29 is 14.6 Å². The van der Waals surface area contributed by atoms with Crippen molar-refractivity contribution in [2.24, 2.45) is 0 Å². The molecule has 1 aromatic heterocycles. The first-order valence-electron chi connectivity index (χ1n) is 6.87. The summed E-state index contributed by atoms with van der Waals surface area (Å²) in [6, 6.07) is 5.19. The average Bonchev–Trinajstić information content (AvgIpc) is 2.76. The van der Waals surface area contributed by atoms with E-state index in [1.807, 2.05) is 31.4 Å². The van der Waals surface area contributed by atoms with Gasteiger partial charge in [-0.15, -0.1) is 0 Å². The van der Waals surface area contributed by atoms with E-state index < -0.39 is 5.97 Å². The van der Waals surface area contributed by atoms with E-state index in [0.717, 1.165) is 17.8 Å². The molecule has 20 heavy (non-hydrogen) atoms. The number of nitrogens with zero attached hydrogens (tertiary/aromatic N) is 2. The van der Waals surface area contributed by atoms with E-state index in [9.17, 15) is 9.90 Å². The first kappa shape index (κ1) is 14.5. The van der Waals surface area contributed by atoms with E-state index in [4.69, 9.17) is 4.74 Å². The van der Waals surface area contributed by atoms with E-state index in [1.165, 1.54) is 0 Å². The van der Waals surface area contributed by atoms with Crippen LogP contribution in [0.25, 0.3) is 11.0 Å². The summed E-state index contributed by atoms with van der Waals surface area (Å²) in [5.74, 6) is -0.0368. The molecular weight excluding hydrogens is 256 g/mol. The highest BCUT2D eigenvalue weighted by Gasteiger charge is 2.16. The fraction of sp³-hybridized carbons (Fsp3) is 0.467. The van der Waals surface area contributed by atoms with Gasteiger partial charge in [-0.05, 0) is 26.0 Å². The second-order valence-electron chi connectivity index (χ2n) is 4.93. The normalized spacial score (nSPS) is 11.4. The molecule has 0 atom stereocenters. The molecule has 0 aliphatic heterocycles. The molecule has 0 bridgehead atoms. The Bertz CT molecular complexity index is 617. The predicted octanol–water partition coefficient (Wildman–Crippen LogP) is 2.72. The van der Waals surface area contributed by atoms with Crippen molar-refractivity contribution >= 4 is 17.0 Å². The standard InChI is InChI=1S/C15H20N2O3/c1-4-13-16-12-7-5-6-11(15(18)19)14(12)17(13)8-9-20-10(2)3/h5-7,10H,4,8-9H2,1-3H3,(H,18,19). The third-order valence-corrected chi connectivity index (χ3v) is 3.16. The summed E-state index contributed by atoms with van der Waals surface area (Å²) < 4.78 is 7.53. The lowest BCUT2D eigenvalue weighted by Crippen LogP contribution is -2.13. The van der Waals surface area contributed by atoms with Crippen molar-refractivity contribution in [3.8, 4) is 0 Å². The predicted molar refractivity (Wildman–Crippen MR) is 77.2 cm³/mol. The second kappa shape index (κ2) is 6.05. The van der Waals surface area contributed by atoms with Crippen molar-refractivity contribution in [3.63, 3.8) is 0 Å². The van der Waals surface area contributed by atoms with E-state index in [2.05, 4.69) is 4.98 Å². The molecule has 0 saturated carbocycles. The monoisotopic (exact) mass is 276 g/mol. The first-order chi connectivity index (χ1) is 9.54. The SMILES string of the molecule is CCc1nc2cccc(C(=O)O)c2n1CCOC(C)C. The fourth-order valence-corrected chi connectivity index (χ4v) is 2.30. The minimum atomic E-state index is -0.927. The molecule has 0 aliphatic rings. The zero-order chi connectivity index (χ0) is 14.7. The smallest absolute Gasteiger partial charge is 0.337 e. The minimum absolute atomic E-state index is 0.161. The molecular formula is C15H20N2O3. The Kier molecular flexibility index (Phi) is 4.39. The van der Waals surface area contributed by atoms with Gasteiger partial charge in [0.05, 0.1) is 29.3 Å². The van der Waals surface area contributed by atoms with Gasteiger partial charge in [0.15, 0.2) is 0 Å². The van der Waals surface area contributed by atoms with E-state index in [1.54, 1.807) is 12.1 Å². The van der Waals surface area contributed by atoms with Crippen LogP contribution >= 0.6 is 0 Å². The Morgan fingerprint density at radius 2 is 2.20 bits per heavy atom. The number of carbonyl (C=O) groups is 1. The Balaban J connectivity index is 2.46. The number of imidazole rings is 1. The number of benzene rings is 1. The molecule has 0 amide bonds. The largest absolute Gasteiger partial charge is 0.478 e. The molecule has 1 N–H and O–H groups in total. The number of aromatic carboxylic acids is 1. The van der Waals surface area contributed by atoms with E-state index >= 15 is 0 Å². The topological polar surface area (TPSA) is 64.3 Å². The van der Waals surface area contributed by atoms with E-state index in [0.29, 0.717) is 24.2 Å². The van der Waals surface area contributed by atoms with Crippen molar-refractivity contribution in [2.75, 3.05) is 6.61 Å². The molecule has 5 nitrogen and oxygen atoms in total. The van der Waals surface area contributed by atoms with Crippen LogP contribution in [-0.2, 0) is 17.7 Å². The summed E-state index contributed by atoms with van der Waals surface area (Å²) in [6.07, 6.45) is 0.920. The third-order valence-electron chi connectivity index (χ3n) is 3.16. The van der Waals surface area contributed by atoms with Gasteiger partial charge in [0.1, 0.15) is 5.82 Å². The molecule has 0 saturated heterocycles. The van der Waals surface area contributed by atoms with Gasteiger partial charge in [0.25, 0.3) is 0 Å². The summed E-state index contributed by atoms with van der Waals surface area (Å²) in [5.41, 5.74) is 1.70. The Hall–Kier alpha value is -1.88. The van der Waals surface area contributed by atoms with Gasteiger partial charge in [0, 0.05) is 13.0 Å². The van der Waals surface area contributed by atoms with Crippen LogP contribution in [0.2, 0.25) is 0 Å². The van der Waals surface area contributed by atoms with Crippen LogP contribution in [0.4, 0.5) is 0 Å². The molecule has 108 valence electrons. The van der Waals surface area contributed by atoms with Crippen LogP contribution in [0.5, 0.6) is 0 Å². The number of para-hydroxylation sites is 1. The molecule has 0 fully saturated rings. The Morgan fingerprint density at radius 3 is 2.80 bits per heavy atom. The Morgan fingerprint density at radius 1 is 1.45 bits per heavy atom. The van der Waals surface area contributed by atoms with Gasteiger partial charge in [-0.1, -0.05) is 13.0 Å². The van der Waals surface area contributed by atoms with Crippen LogP contribution in [0, 0.1) is 0 Å². The molecule has 1 aromatic carbocycles. The second-order valence-corrected chi connectivity index (χ2v) is 4.93. The first-order valence-corrected chi connectivity index (χ1v) is 6.87. The molecule has 2 aromatic rings. The van der Waals surface area contributed by atoms with Gasteiger partial charge in [-0.25, -0.2) is 9.78 Å². The lowest BCUT2D eigenvalue weighted by molar-refractivity contribution is 0.0691. The number of fused-ring (bicyclic) bond motifs is 1. The number of aryl methyl sites for hydroxylation is 1. The number of ether oxygens (including phenoxy) is 1. The van der Waals surface area contributed by atoms with Crippen molar-refractivity contribution in [3.05, 3.63) is 29.6 Å². The summed E-state index contributed by atoms with van der Waals surface area (Å²) >= 11 is 0. The van der Waals surface area contributed by atoms with Crippen LogP contribution in [0.1, 0.15) is 37.0 Å². The van der Waals surface area contributed by atoms with Gasteiger partial charge in [-0.3, -0.25) is 0 Å². The maximum atomic E-state index is 11.4. The van der Waals surface area contributed by atoms with Crippen molar-refractivity contribution in [1.82, 2.24) is 9.55 Å². The Labute approximate surface area is 118 Å². The summed E-state index contributed by atoms with van der Waals surface area (Å²) in [5, 5.41) is 9.33. The quantitative estimate of drug-likeness (QED) is 0.881. The lowest BCUT2D eigenvalue weighted by Gasteiger charge is -2.12. The minimum Gasteiger partial charge on any atom is -0.478 e. The lowest BCUT2D eigenvalue weighted by atomic mass is 10.2. The van der Waals surface area contributed by atoms with E-state index in [-0.39, 0.29) is 6.10 Å². The number of hydrogen-bond donors (Lipinski definition) is 1.